The van der Waals surface area contributed by atoms with E-state index < -0.39 is 0 Å². The summed E-state index contributed by atoms with van der Waals surface area (Å²) in [4.78, 5) is 4.13. The highest BCUT2D eigenvalue weighted by atomic mass is 16.5. The number of hydrogen-bond donors (Lipinski definition) is 1. The molecule has 5 heteroatoms. The lowest BCUT2D eigenvalue weighted by atomic mass is 10.0. The van der Waals surface area contributed by atoms with Gasteiger partial charge in [-0.05, 0) is 37.9 Å². The summed E-state index contributed by atoms with van der Waals surface area (Å²) in [6, 6.07) is 2.23. The Morgan fingerprint density at radius 2 is 2.19 bits per heavy atom. The maximum atomic E-state index is 5.45. The zero-order valence-electron chi connectivity index (χ0n) is 13.0. The minimum atomic E-state index is 0.206. The summed E-state index contributed by atoms with van der Waals surface area (Å²) in [6.07, 6.45) is 9.62. The Bertz CT molecular complexity index is 553. The number of aryl methyl sites for hydroxylation is 1. The van der Waals surface area contributed by atoms with Gasteiger partial charge in [0.15, 0.2) is 0 Å². The summed E-state index contributed by atoms with van der Waals surface area (Å²) in [5, 5.41) is 7.94. The van der Waals surface area contributed by atoms with Gasteiger partial charge in [0, 0.05) is 30.5 Å². The molecule has 114 valence electrons. The summed E-state index contributed by atoms with van der Waals surface area (Å²) in [5.41, 5.74) is 2.37. The molecular weight excluding hydrogens is 264 g/mol. The van der Waals surface area contributed by atoms with E-state index in [2.05, 4.69) is 35.4 Å². The number of ether oxygens (including phenoxy) is 1. The first-order valence-electron chi connectivity index (χ1n) is 7.51. The molecule has 0 fully saturated rings. The van der Waals surface area contributed by atoms with Crippen LogP contribution in [0.2, 0.25) is 0 Å². The molecule has 0 bridgehead atoms. The minimum absolute atomic E-state index is 0.206. The zero-order chi connectivity index (χ0) is 15.1. The number of rotatable bonds is 8. The van der Waals surface area contributed by atoms with E-state index >= 15 is 0 Å². The number of methoxy groups -OCH3 is 1. The molecule has 0 saturated carbocycles. The number of hydrogen-bond acceptors (Lipinski definition) is 4. The van der Waals surface area contributed by atoms with Crippen molar-refractivity contribution in [3.8, 4) is 5.75 Å². The molecule has 0 spiro atoms. The van der Waals surface area contributed by atoms with Gasteiger partial charge < -0.3 is 10.1 Å². The minimum Gasteiger partial charge on any atom is -0.495 e. The van der Waals surface area contributed by atoms with Crippen LogP contribution < -0.4 is 10.1 Å². The molecule has 0 aromatic carbocycles. The molecule has 0 saturated heterocycles. The van der Waals surface area contributed by atoms with Crippen LogP contribution in [0.25, 0.3) is 0 Å². The SMILES string of the molecule is CCCNC(Cc1cnn(CC)c1)c1ccncc1OC. The third-order valence-corrected chi connectivity index (χ3v) is 3.50. The lowest BCUT2D eigenvalue weighted by molar-refractivity contribution is 0.396. The average Bonchev–Trinajstić information content (AvgIpc) is 2.99. The summed E-state index contributed by atoms with van der Waals surface area (Å²) < 4.78 is 7.40. The Hall–Kier alpha value is -1.88. The van der Waals surface area contributed by atoms with Crippen LogP contribution in [0.5, 0.6) is 5.75 Å². The molecule has 2 rings (SSSR count). The van der Waals surface area contributed by atoms with E-state index in [1.165, 1.54) is 5.56 Å². The van der Waals surface area contributed by atoms with Gasteiger partial charge in [-0.2, -0.15) is 5.10 Å². The number of nitrogens with one attached hydrogen (secondary N) is 1. The molecule has 0 aliphatic rings. The van der Waals surface area contributed by atoms with E-state index in [1.807, 2.05) is 23.1 Å². The van der Waals surface area contributed by atoms with Gasteiger partial charge in [-0.1, -0.05) is 6.92 Å². The van der Waals surface area contributed by atoms with Crippen molar-refractivity contribution in [2.45, 2.75) is 39.3 Å². The summed E-state index contributed by atoms with van der Waals surface area (Å²) >= 11 is 0. The van der Waals surface area contributed by atoms with Crippen molar-refractivity contribution in [1.82, 2.24) is 20.1 Å². The van der Waals surface area contributed by atoms with E-state index in [0.717, 1.165) is 37.2 Å². The van der Waals surface area contributed by atoms with Crippen LogP contribution in [0, 0.1) is 0 Å². The van der Waals surface area contributed by atoms with Crippen LogP contribution in [0.4, 0.5) is 0 Å². The molecule has 0 amide bonds. The standard InChI is InChI=1S/C16H24N4O/c1-4-7-18-15(9-13-10-19-20(5-2)12-13)14-6-8-17-11-16(14)21-3/h6,8,10-12,15,18H,4-5,7,9H2,1-3H3. The molecule has 1 atom stereocenters. The van der Waals surface area contributed by atoms with Crippen molar-refractivity contribution in [2.75, 3.05) is 13.7 Å². The Kier molecular flexibility index (Phi) is 5.75. The van der Waals surface area contributed by atoms with Gasteiger partial charge in [-0.25, -0.2) is 0 Å². The highest BCUT2D eigenvalue weighted by molar-refractivity contribution is 5.34. The molecule has 0 aliphatic heterocycles. The third kappa shape index (κ3) is 4.04. The quantitative estimate of drug-likeness (QED) is 0.811. The highest BCUT2D eigenvalue weighted by Gasteiger charge is 2.17. The molecule has 2 aromatic rings. The van der Waals surface area contributed by atoms with Gasteiger partial charge in [0.2, 0.25) is 0 Å². The second-order valence-corrected chi connectivity index (χ2v) is 5.03. The monoisotopic (exact) mass is 288 g/mol. The third-order valence-electron chi connectivity index (χ3n) is 3.50. The fourth-order valence-corrected chi connectivity index (χ4v) is 2.38. The number of nitrogens with zero attached hydrogens (tertiary/aromatic N) is 3. The first kappa shape index (κ1) is 15.5. The smallest absolute Gasteiger partial charge is 0.141 e. The summed E-state index contributed by atoms with van der Waals surface area (Å²) in [5.74, 6) is 0.828. The average molecular weight is 288 g/mol. The predicted octanol–water partition coefficient (Wildman–Crippen LogP) is 2.59. The normalized spacial score (nSPS) is 12.3. The van der Waals surface area contributed by atoms with Crippen LogP contribution in [0.15, 0.2) is 30.9 Å². The first-order chi connectivity index (χ1) is 10.3. The van der Waals surface area contributed by atoms with E-state index in [1.54, 1.807) is 13.3 Å². The van der Waals surface area contributed by atoms with Crippen LogP contribution in [-0.4, -0.2) is 28.4 Å². The van der Waals surface area contributed by atoms with Gasteiger partial charge >= 0.3 is 0 Å². The molecule has 21 heavy (non-hydrogen) atoms. The molecule has 0 radical (unpaired) electrons. The molecule has 2 aromatic heterocycles. The predicted molar refractivity (Wildman–Crippen MR) is 83.4 cm³/mol. The Labute approximate surface area is 126 Å². The van der Waals surface area contributed by atoms with Crippen LogP contribution in [0.1, 0.15) is 37.4 Å². The van der Waals surface area contributed by atoms with Crippen molar-refractivity contribution in [2.24, 2.45) is 0 Å². The van der Waals surface area contributed by atoms with Gasteiger partial charge in [-0.3, -0.25) is 9.67 Å². The number of aromatic nitrogens is 3. The lowest BCUT2D eigenvalue weighted by Crippen LogP contribution is -2.24. The van der Waals surface area contributed by atoms with Gasteiger partial charge in [0.05, 0.1) is 19.5 Å². The van der Waals surface area contributed by atoms with E-state index in [-0.39, 0.29) is 6.04 Å². The Morgan fingerprint density at radius 3 is 2.86 bits per heavy atom. The lowest BCUT2D eigenvalue weighted by Gasteiger charge is -2.20. The van der Waals surface area contributed by atoms with E-state index in [9.17, 15) is 0 Å². The van der Waals surface area contributed by atoms with Gasteiger partial charge in [-0.15, -0.1) is 0 Å². The van der Waals surface area contributed by atoms with E-state index in [0.29, 0.717) is 0 Å². The van der Waals surface area contributed by atoms with E-state index in [4.69, 9.17) is 4.74 Å². The fraction of sp³-hybridized carbons (Fsp3) is 0.500. The first-order valence-corrected chi connectivity index (χ1v) is 7.51. The van der Waals surface area contributed by atoms with Crippen LogP contribution in [0.3, 0.4) is 0 Å². The molecule has 1 N–H and O–H groups in total. The zero-order valence-corrected chi connectivity index (χ0v) is 13.0. The topological polar surface area (TPSA) is 52.0 Å². The second kappa shape index (κ2) is 7.78. The van der Waals surface area contributed by atoms with Crippen molar-refractivity contribution in [3.63, 3.8) is 0 Å². The highest BCUT2D eigenvalue weighted by Crippen LogP contribution is 2.26. The van der Waals surface area contributed by atoms with Gasteiger partial charge in [0.25, 0.3) is 0 Å². The molecule has 1 unspecified atom stereocenters. The maximum Gasteiger partial charge on any atom is 0.141 e. The number of pyridine rings is 1. The molecule has 2 heterocycles. The van der Waals surface area contributed by atoms with Crippen LogP contribution >= 0.6 is 0 Å². The Morgan fingerprint density at radius 1 is 1.33 bits per heavy atom. The van der Waals surface area contributed by atoms with Crippen molar-refractivity contribution >= 4 is 0 Å². The van der Waals surface area contributed by atoms with Crippen molar-refractivity contribution in [3.05, 3.63) is 42.0 Å². The summed E-state index contributed by atoms with van der Waals surface area (Å²) in [6.45, 7) is 6.13. The molecular formula is C16H24N4O. The second-order valence-electron chi connectivity index (χ2n) is 5.03. The largest absolute Gasteiger partial charge is 0.495 e. The fourth-order valence-electron chi connectivity index (χ4n) is 2.38. The maximum absolute atomic E-state index is 5.45. The molecule has 0 aliphatic carbocycles. The van der Waals surface area contributed by atoms with Crippen molar-refractivity contribution < 1.29 is 4.74 Å². The van der Waals surface area contributed by atoms with Gasteiger partial charge in [0.1, 0.15) is 5.75 Å². The summed E-state index contributed by atoms with van der Waals surface area (Å²) in [7, 11) is 1.69. The molecule has 5 nitrogen and oxygen atoms in total. The van der Waals surface area contributed by atoms with Crippen molar-refractivity contribution in [1.29, 1.82) is 0 Å². The Balaban J connectivity index is 2.20. The van der Waals surface area contributed by atoms with Crippen LogP contribution in [-0.2, 0) is 13.0 Å².